The zero-order chi connectivity index (χ0) is 18.3. The fourth-order valence-electron chi connectivity index (χ4n) is 2.97. The van der Waals surface area contributed by atoms with Crippen LogP contribution in [0, 0.1) is 11.8 Å². The highest BCUT2D eigenvalue weighted by molar-refractivity contribution is 5.85. The molecule has 2 rings (SSSR count). The summed E-state index contributed by atoms with van der Waals surface area (Å²) in [6.07, 6.45) is -6.79. The topological polar surface area (TPSA) is 95.9 Å². The van der Waals surface area contributed by atoms with Crippen molar-refractivity contribution in [2.45, 2.75) is 38.1 Å². The van der Waals surface area contributed by atoms with E-state index in [1.165, 1.54) is 0 Å². The summed E-state index contributed by atoms with van der Waals surface area (Å²) < 4.78 is 44.8. The van der Waals surface area contributed by atoms with Gasteiger partial charge in [0.2, 0.25) is 11.8 Å². The van der Waals surface area contributed by atoms with Gasteiger partial charge in [-0.1, -0.05) is 0 Å². The van der Waals surface area contributed by atoms with Gasteiger partial charge in [-0.05, 0) is 13.8 Å². The number of hydrogen-bond acceptors (Lipinski definition) is 4. The molecule has 3 unspecified atom stereocenters. The van der Waals surface area contributed by atoms with Crippen molar-refractivity contribution < 1.29 is 37.4 Å². The number of morpholine rings is 1. The summed E-state index contributed by atoms with van der Waals surface area (Å²) in [5.74, 6) is -6.43. The Bertz CT molecular complexity index is 549. The van der Waals surface area contributed by atoms with Crippen molar-refractivity contribution in [1.29, 1.82) is 0 Å². The molecule has 2 aliphatic heterocycles. The lowest BCUT2D eigenvalue weighted by Crippen LogP contribution is -2.63. The Morgan fingerprint density at radius 1 is 1.38 bits per heavy atom. The molecule has 0 aromatic heterocycles. The van der Waals surface area contributed by atoms with E-state index >= 15 is 0 Å². The van der Waals surface area contributed by atoms with Crippen LogP contribution in [0.3, 0.4) is 0 Å². The number of halogens is 3. The molecule has 3 atom stereocenters. The fourth-order valence-corrected chi connectivity index (χ4v) is 2.97. The Hall–Kier alpha value is -1.84. The van der Waals surface area contributed by atoms with Crippen LogP contribution in [-0.4, -0.2) is 65.3 Å². The van der Waals surface area contributed by atoms with Crippen LogP contribution >= 0.6 is 0 Å². The highest BCUT2D eigenvalue weighted by Gasteiger charge is 2.53. The zero-order valence-electron chi connectivity index (χ0n) is 13.2. The SMILES string of the molecule is CC1(C)COC(C(=O)O)CN1C(=O)C1CNC(=O)CC1C(F)(F)F. The lowest BCUT2D eigenvalue weighted by Gasteiger charge is -2.46. The molecular formula is C14H19F3N2O5. The fraction of sp³-hybridized carbons (Fsp3) is 0.786. The minimum absolute atomic E-state index is 0.106. The first kappa shape index (κ1) is 18.5. The number of amides is 2. The third kappa shape index (κ3) is 3.63. The van der Waals surface area contributed by atoms with Crippen LogP contribution < -0.4 is 5.32 Å². The summed E-state index contributed by atoms with van der Waals surface area (Å²) in [5.41, 5.74) is -0.944. The molecule has 2 N–H and O–H groups in total. The quantitative estimate of drug-likeness (QED) is 0.750. The first-order valence-corrected chi connectivity index (χ1v) is 7.43. The van der Waals surface area contributed by atoms with Crippen LogP contribution in [0.5, 0.6) is 0 Å². The molecule has 0 saturated carbocycles. The van der Waals surface area contributed by atoms with Crippen LogP contribution in [0.4, 0.5) is 13.2 Å². The number of alkyl halides is 3. The van der Waals surface area contributed by atoms with Crippen molar-refractivity contribution >= 4 is 17.8 Å². The second kappa shape index (κ2) is 6.23. The molecular weight excluding hydrogens is 333 g/mol. The van der Waals surface area contributed by atoms with Gasteiger partial charge in [-0.3, -0.25) is 9.59 Å². The number of nitrogens with zero attached hydrogens (tertiary/aromatic N) is 1. The van der Waals surface area contributed by atoms with Gasteiger partial charge in [0.05, 0.1) is 30.5 Å². The standard InChI is InChI=1S/C14H19F3N2O5/c1-13(2)6-24-9(12(22)23)5-19(13)11(21)7-4-18-10(20)3-8(7)14(15,16)17/h7-9H,3-6H2,1-2H3,(H,18,20)(H,22,23). The van der Waals surface area contributed by atoms with E-state index < -0.39 is 60.4 Å². The summed E-state index contributed by atoms with van der Waals surface area (Å²) >= 11 is 0. The minimum Gasteiger partial charge on any atom is -0.479 e. The van der Waals surface area contributed by atoms with Crippen LogP contribution in [0.25, 0.3) is 0 Å². The smallest absolute Gasteiger partial charge is 0.393 e. The Balaban J connectivity index is 2.26. The molecule has 0 aromatic rings. The predicted octanol–water partition coefficient (Wildman–Crippen LogP) is 0.392. The third-order valence-corrected chi connectivity index (χ3v) is 4.41. The average molecular weight is 352 g/mol. The number of carboxylic acids is 1. The first-order chi connectivity index (χ1) is 10.9. The Morgan fingerprint density at radius 2 is 2.00 bits per heavy atom. The van der Waals surface area contributed by atoms with Gasteiger partial charge in [0, 0.05) is 13.0 Å². The molecule has 24 heavy (non-hydrogen) atoms. The van der Waals surface area contributed by atoms with Gasteiger partial charge in [0.15, 0.2) is 6.10 Å². The van der Waals surface area contributed by atoms with Crippen molar-refractivity contribution in [1.82, 2.24) is 10.2 Å². The van der Waals surface area contributed by atoms with E-state index in [4.69, 9.17) is 9.84 Å². The largest absolute Gasteiger partial charge is 0.479 e. The molecule has 7 nitrogen and oxygen atoms in total. The van der Waals surface area contributed by atoms with Gasteiger partial charge in [-0.15, -0.1) is 0 Å². The maximum Gasteiger partial charge on any atom is 0.393 e. The highest BCUT2D eigenvalue weighted by atomic mass is 19.4. The second-order valence-corrected chi connectivity index (χ2v) is 6.66. The normalized spacial score (nSPS) is 30.6. The summed E-state index contributed by atoms with van der Waals surface area (Å²) in [5, 5.41) is 11.3. The molecule has 0 aromatic carbocycles. The Labute approximate surface area is 136 Å². The summed E-state index contributed by atoms with van der Waals surface area (Å²) in [6, 6.07) is 0. The molecule has 2 amide bonds. The van der Waals surface area contributed by atoms with Gasteiger partial charge in [0.25, 0.3) is 0 Å². The lowest BCUT2D eigenvalue weighted by atomic mass is 9.83. The molecule has 2 heterocycles. The molecule has 2 aliphatic rings. The summed E-state index contributed by atoms with van der Waals surface area (Å²) in [4.78, 5) is 36.2. The summed E-state index contributed by atoms with van der Waals surface area (Å²) in [7, 11) is 0. The molecule has 0 bridgehead atoms. The number of rotatable bonds is 2. The van der Waals surface area contributed by atoms with E-state index in [1.807, 2.05) is 0 Å². The van der Waals surface area contributed by atoms with E-state index in [9.17, 15) is 27.6 Å². The summed E-state index contributed by atoms with van der Waals surface area (Å²) in [6.45, 7) is 2.31. The van der Waals surface area contributed by atoms with Crippen LogP contribution in [0.15, 0.2) is 0 Å². The maximum atomic E-state index is 13.2. The van der Waals surface area contributed by atoms with E-state index in [1.54, 1.807) is 13.8 Å². The minimum atomic E-state index is -4.69. The zero-order valence-corrected chi connectivity index (χ0v) is 13.2. The predicted molar refractivity (Wildman–Crippen MR) is 73.8 cm³/mol. The first-order valence-electron chi connectivity index (χ1n) is 7.43. The number of piperidine rings is 1. The van der Waals surface area contributed by atoms with Crippen molar-refractivity contribution in [2.75, 3.05) is 19.7 Å². The number of aliphatic carboxylic acids is 1. The van der Waals surface area contributed by atoms with Gasteiger partial charge >= 0.3 is 12.1 Å². The Kier molecular flexibility index (Phi) is 4.80. The van der Waals surface area contributed by atoms with Gasteiger partial charge in [-0.25, -0.2) is 4.79 Å². The number of carboxylic acid groups (broad SMARTS) is 1. The third-order valence-electron chi connectivity index (χ3n) is 4.41. The molecule has 2 saturated heterocycles. The number of ether oxygens (including phenoxy) is 1. The molecule has 0 spiro atoms. The number of carbonyl (C=O) groups excluding carboxylic acids is 2. The van der Waals surface area contributed by atoms with E-state index in [-0.39, 0.29) is 13.2 Å². The Morgan fingerprint density at radius 3 is 2.54 bits per heavy atom. The van der Waals surface area contributed by atoms with Gasteiger partial charge < -0.3 is 20.1 Å². The van der Waals surface area contributed by atoms with Crippen molar-refractivity contribution in [2.24, 2.45) is 11.8 Å². The molecule has 2 fully saturated rings. The van der Waals surface area contributed by atoms with Crippen molar-refractivity contribution in [3.05, 3.63) is 0 Å². The lowest BCUT2D eigenvalue weighted by molar-refractivity contribution is -0.205. The highest BCUT2D eigenvalue weighted by Crippen LogP contribution is 2.38. The second-order valence-electron chi connectivity index (χ2n) is 6.66. The molecule has 0 aliphatic carbocycles. The molecule has 10 heteroatoms. The molecule has 136 valence electrons. The molecule has 0 radical (unpaired) electrons. The number of carbonyl (C=O) groups is 3. The van der Waals surface area contributed by atoms with Crippen LogP contribution in [0.1, 0.15) is 20.3 Å². The monoisotopic (exact) mass is 352 g/mol. The number of hydrogen-bond donors (Lipinski definition) is 2. The van der Waals surface area contributed by atoms with Crippen LogP contribution in [-0.2, 0) is 19.1 Å². The van der Waals surface area contributed by atoms with E-state index in [2.05, 4.69) is 5.32 Å². The van der Waals surface area contributed by atoms with E-state index in [0.717, 1.165) is 4.90 Å². The van der Waals surface area contributed by atoms with Crippen molar-refractivity contribution in [3.8, 4) is 0 Å². The number of nitrogens with one attached hydrogen (secondary N) is 1. The van der Waals surface area contributed by atoms with Gasteiger partial charge in [-0.2, -0.15) is 13.2 Å². The van der Waals surface area contributed by atoms with Crippen molar-refractivity contribution in [3.63, 3.8) is 0 Å². The maximum absolute atomic E-state index is 13.2. The van der Waals surface area contributed by atoms with Crippen LogP contribution in [0.2, 0.25) is 0 Å². The average Bonchev–Trinajstić information content (AvgIpc) is 2.45. The van der Waals surface area contributed by atoms with E-state index in [0.29, 0.717) is 0 Å². The van der Waals surface area contributed by atoms with Gasteiger partial charge in [0.1, 0.15) is 0 Å².